The number of nitrogens with one attached hydrogen (secondary N) is 3. The molecule has 3 N–H and O–H groups in total. The third-order valence-corrected chi connectivity index (χ3v) is 5.90. The largest absolute Gasteiger partial charge is 0.325 e. The van der Waals surface area contributed by atoms with E-state index in [1.54, 1.807) is 25.1 Å². The summed E-state index contributed by atoms with van der Waals surface area (Å²) in [5, 5.41) is 7.81. The Morgan fingerprint density at radius 1 is 1.00 bits per heavy atom. The zero-order valence-electron chi connectivity index (χ0n) is 19.2. The Hall–Kier alpha value is -3.30. The van der Waals surface area contributed by atoms with Gasteiger partial charge in [-0.05, 0) is 56.2 Å². The molecule has 0 aromatic heterocycles. The van der Waals surface area contributed by atoms with Crippen molar-refractivity contribution in [2.24, 2.45) is 0 Å². The highest BCUT2D eigenvalue weighted by Crippen LogP contribution is 2.17. The van der Waals surface area contributed by atoms with Crippen molar-refractivity contribution in [2.45, 2.75) is 26.8 Å². The first-order valence-electron chi connectivity index (χ1n) is 10.9. The lowest BCUT2D eigenvalue weighted by Crippen LogP contribution is -2.54. The van der Waals surface area contributed by atoms with Crippen LogP contribution in [0.15, 0.2) is 42.5 Å². The number of rotatable bonds is 6. The molecule has 1 aliphatic heterocycles. The second kappa shape index (κ2) is 11.0. The van der Waals surface area contributed by atoms with Crippen molar-refractivity contribution in [3.05, 3.63) is 59.4 Å². The van der Waals surface area contributed by atoms with Crippen LogP contribution in [0.25, 0.3) is 0 Å². The molecule has 176 valence electrons. The fourth-order valence-electron chi connectivity index (χ4n) is 3.70. The van der Waals surface area contributed by atoms with Gasteiger partial charge >= 0.3 is 6.03 Å². The van der Waals surface area contributed by atoms with Crippen LogP contribution < -0.4 is 16.0 Å². The third kappa shape index (κ3) is 6.84. The van der Waals surface area contributed by atoms with E-state index in [0.717, 1.165) is 11.1 Å². The summed E-state index contributed by atoms with van der Waals surface area (Å²) in [6.45, 7) is 8.13. The quantitative estimate of drug-likeness (QED) is 0.623. The molecule has 1 aliphatic rings. The van der Waals surface area contributed by atoms with Gasteiger partial charge in [-0.3, -0.25) is 24.7 Å². The molecule has 2 aromatic carbocycles. The molecule has 9 heteroatoms. The Labute approximate surface area is 193 Å². The lowest BCUT2D eigenvalue weighted by molar-refractivity contribution is -0.124. The van der Waals surface area contributed by atoms with Crippen LogP contribution in [0, 0.1) is 19.7 Å². The van der Waals surface area contributed by atoms with E-state index in [2.05, 4.69) is 16.0 Å². The number of carbonyl (C=O) groups excluding carboxylic acids is 3. The Morgan fingerprint density at radius 2 is 1.70 bits per heavy atom. The molecule has 0 spiro atoms. The maximum Gasteiger partial charge on any atom is 0.325 e. The summed E-state index contributed by atoms with van der Waals surface area (Å²) in [6, 6.07) is 10.4. The van der Waals surface area contributed by atoms with E-state index < -0.39 is 17.9 Å². The molecule has 1 fully saturated rings. The molecule has 0 bridgehead atoms. The van der Waals surface area contributed by atoms with Crippen molar-refractivity contribution in [2.75, 3.05) is 43.4 Å². The van der Waals surface area contributed by atoms with Crippen LogP contribution in [-0.2, 0) is 9.59 Å². The Bertz CT molecular complexity index is 1020. The van der Waals surface area contributed by atoms with E-state index in [0.29, 0.717) is 37.6 Å². The molecule has 8 nitrogen and oxygen atoms in total. The lowest BCUT2D eigenvalue weighted by atomic mass is 10.1. The Morgan fingerprint density at radius 3 is 2.39 bits per heavy atom. The average molecular weight is 456 g/mol. The monoisotopic (exact) mass is 455 g/mol. The van der Waals surface area contributed by atoms with E-state index in [4.69, 9.17) is 0 Å². The predicted molar refractivity (Wildman–Crippen MR) is 126 cm³/mol. The van der Waals surface area contributed by atoms with Gasteiger partial charge in [0.15, 0.2) is 0 Å². The number of carbonyl (C=O) groups is 3. The van der Waals surface area contributed by atoms with Gasteiger partial charge in [-0.2, -0.15) is 0 Å². The maximum absolute atomic E-state index is 13.3. The fourth-order valence-corrected chi connectivity index (χ4v) is 3.70. The molecule has 0 radical (unpaired) electrons. The number of urea groups is 1. The Balaban J connectivity index is 1.42. The summed E-state index contributed by atoms with van der Waals surface area (Å²) in [6.07, 6.45) is 0. The highest BCUT2D eigenvalue weighted by molar-refractivity contribution is 6.02. The van der Waals surface area contributed by atoms with Crippen LogP contribution in [0.5, 0.6) is 0 Å². The number of hydrogen-bond acceptors (Lipinski definition) is 5. The van der Waals surface area contributed by atoms with Crippen molar-refractivity contribution in [3.8, 4) is 0 Å². The normalized spacial score (nSPS) is 15.5. The summed E-state index contributed by atoms with van der Waals surface area (Å²) in [5.74, 6) is -1.01. The van der Waals surface area contributed by atoms with Crippen LogP contribution >= 0.6 is 0 Å². The van der Waals surface area contributed by atoms with Crippen molar-refractivity contribution < 1.29 is 18.8 Å². The summed E-state index contributed by atoms with van der Waals surface area (Å²) in [4.78, 5) is 40.9. The number of aryl methyl sites for hydroxylation is 1. The van der Waals surface area contributed by atoms with Crippen LogP contribution in [0.1, 0.15) is 18.1 Å². The number of imide groups is 1. The van der Waals surface area contributed by atoms with Gasteiger partial charge in [-0.15, -0.1) is 0 Å². The van der Waals surface area contributed by atoms with Gasteiger partial charge in [0.2, 0.25) is 11.8 Å². The molecule has 2 aromatic rings. The highest BCUT2D eigenvalue weighted by Gasteiger charge is 2.26. The molecule has 0 aliphatic carbocycles. The minimum absolute atomic E-state index is 0.0952. The van der Waals surface area contributed by atoms with E-state index in [-0.39, 0.29) is 18.4 Å². The highest BCUT2D eigenvalue weighted by atomic mass is 19.1. The number of anilines is 2. The number of piperazine rings is 1. The molecule has 1 saturated heterocycles. The van der Waals surface area contributed by atoms with Gasteiger partial charge in [-0.25, -0.2) is 9.18 Å². The minimum atomic E-state index is -0.560. The molecule has 33 heavy (non-hydrogen) atoms. The van der Waals surface area contributed by atoms with Crippen LogP contribution in [0.3, 0.4) is 0 Å². The van der Waals surface area contributed by atoms with E-state index in [9.17, 15) is 18.8 Å². The van der Waals surface area contributed by atoms with Gasteiger partial charge in [0.1, 0.15) is 5.82 Å². The van der Waals surface area contributed by atoms with E-state index in [1.807, 2.05) is 35.8 Å². The zero-order chi connectivity index (χ0) is 24.0. The second-order valence-corrected chi connectivity index (χ2v) is 8.24. The topological polar surface area (TPSA) is 93.8 Å². The summed E-state index contributed by atoms with van der Waals surface area (Å²) >= 11 is 0. The number of halogens is 1. The van der Waals surface area contributed by atoms with E-state index in [1.165, 1.54) is 12.1 Å². The van der Waals surface area contributed by atoms with Crippen molar-refractivity contribution in [1.82, 2.24) is 15.1 Å². The fraction of sp³-hybridized carbons (Fsp3) is 0.375. The Kier molecular flexibility index (Phi) is 8.13. The van der Waals surface area contributed by atoms with E-state index >= 15 is 0 Å². The first-order valence-corrected chi connectivity index (χ1v) is 10.9. The summed E-state index contributed by atoms with van der Waals surface area (Å²) < 4.78 is 13.3. The number of amides is 4. The summed E-state index contributed by atoms with van der Waals surface area (Å²) in [7, 11) is 0. The number of nitrogens with zero attached hydrogens (tertiary/aromatic N) is 2. The van der Waals surface area contributed by atoms with Crippen molar-refractivity contribution >= 4 is 29.2 Å². The molecular formula is C24H30FN5O3. The first kappa shape index (κ1) is 24.3. The molecule has 4 amide bonds. The van der Waals surface area contributed by atoms with Gasteiger partial charge < -0.3 is 10.6 Å². The summed E-state index contributed by atoms with van der Waals surface area (Å²) in [5.41, 5.74) is 3.09. The molecular weight excluding hydrogens is 425 g/mol. The molecule has 3 rings (SSSR count). The molecule has 0 saturated carbocycles. The SMILES string of the molecule is Cc1cccc(NC(=O)NC(=O)CN2CCN(C(C)C(=O)Nc3cccc(F)c3)CC2)c1C. The van der Waals surface area contributed by atoms with Gasteiger partial charge in [-0.1, -0.05) is 18.2 Å². The smallest absolute Gasteiger partial charge is 0.325 e. The standard InChI is InChI=1S/C24H30FN5O3/c1-16-6-4-9-21(17(16)2)27-24(33)28-22(31)15-29-10-12-30(13-11-29)18(3)23(32)26-20-8-5-7-19(25)14-20/h4-9,14,18H,10-13,15H2,1-3H3,(H,26,32)(H2,27,28,31,33). The van der Waals surface area contributed by atoms with Crippen LogP contribution in [-0.4, -0.2) is 66.4 Å². The van der Waals surface area contributed by atoms with Gasteiger partial charge in [0.05, 0.1) is 12.6 Å². The lowest BCUT2D eigenvalue weighted by Gasteiger charge is -2.37. The maximum atomic E-state index is 13.3. The zero-order valence-corrected chi connectivity index (χ0v) is 19.2. The molecule has 1 atom stereocenters. The minimum Gasteiger partial charge on any atom is -0.325 e. The van der Waals surface area contributed by atoms with Crippen LogP contribution in [0.4, 0.5) is 20.6 Å². The molecule has 1 heterocycles. The third-order valence-electron chi connectivity index (χ3n) is 5.90. The number of benzene rings is 2. The molecule has 1 unspecified atom stereocenters. The predicted octanol–water partition coefficient (Wildman–Crippen LogP) is 2.74. The van der Waals surface area contributed by atoms with Crippen molar-refractivity contribution in [3.63, 3.8) is 0 Å². The second-order valence-electron chi connectivity index (χ2n) is 8.24. The first-order chi connectivity index (χ1) is 15.7. The van der Waals surface area contributed by atoms with Crippen LogP contribution in [0.2, 0.25) is 0 Å². The van der Waals surface area contributed by atoms with Crippen molar-refractivity contribution in [1.29, 1.82) is 0 Å². The van der Waals surface area contributed by atoms with Gasteiger partial charge in [0.25, 0.3) is 0 Å². The number of hydrogen-bond donors (Lipinski definition) is 3. The average Bonchev–Trinajstić information content (AvgIpc) is 2.77. The van der Waals surface area contributed by atoms with Gasteiger partial charge in [0, 0.05) is 37.6 Å².